The van der Waals surface area contributed by atoms with E-state index in [1.54, 1.807) is 19.9 Å². The van der Waals surface area contributed by atoms with Crippen molar-refractivity contribution in [3.05, 3.63) is 39.3 Å². The van der Waals surface area contributed by atoms with Crippen LogP contribution >= 0.6 is 0 Å². The molecule has 4 N–H and O–H groups in total. The number of amides is 2. The number of hydrogen-bond donors (Lipinski definition) is 4. The first-order valence-electron chi connectivity index (χ1n) is 11.2. The number of likely N-dealkylation sites (tertiary alicyclic amines) is 1. The van der Waals surface area contributed by atoms with Crippen molar-refractivity contribution in [3.63, 3.8) is 0 Å². The Labute approximate surface area is 188 Å². The molecule has 2 aliphatic rings. The first kappa shape index (κ1) is 22.1. The molecule has 2 amide bonds. The topological polar surface area (TPSA) is 110 Å². The summed E-state index contributed by atoms with van der Waals surface area (Å²) in [6.45, 7) is 10.9. The van der Waals surface area contributed by atoms with Gasteiger partial charge in [-0.3, -0.25) is 9.59 Å². The number of hydrogen-bond acceptors (Lipinski definition) is 5. The fourth-order valence-corrected chi connectivity index (χ4v) is 4.69. The van der Waals surface area contributed by atoms with Gasteiger partial charge in [0, 0.05) is 35.6 Å². The summed E-state index contributed by atoms with van der Waals surface area (Å²) >= 11 is 0. The number of rotatable bonds is 5. The third-order valence-electron chi connectivity index (χ3n) is 6.49. The second kappa shape index (κ2) is 8.78. The van der Waals surface area contributed by atoms with Gasteiger partial charge in [-0.2, -0.15) is 0 Å². The number of carbonyl (C=O) groups is 2. The molecule has 0 atom stereocenters. The van der Waals surface area contributed by atoms with Gasteiger partial charge in [-0.25, -0.2) is 4.98 Å². The molecule has 8 nitrogen and oxygen atoms in total. The molecule has 4 heterocycles. The molecule has 2 aromatic heterocycles. The number of carbonyl (C=O) groups excluding carboxylic acids is 2. The second-order valence-corrected chi connectivity index (χ2v) is 8.73. The lowest BCUT2D eigenvalue weighted by molar-refractivity contribution is -0.110. The Morgan fingerprint density at radius 2 is 1.88 bits per heavy atom. The summed E-state index contributed by atoms with van der Waals surface area (Å²) in [5.74, 6) is 0.144. The molecule has 2 aromatic rings. The largest absolute Gasteiger partial charge is 0.506 e. The van der Waals surface area contributed by atoms with Crippen LogP contribution in [-0.2, 0) is 4.79 Å². The Morgan fingerprint density at radius 3 is 2.59 bits per heavy atom. The van der Waals surface area contributed by atoms with Gasteiger partial charge in [0.1, 0.15) is 11.6 Å². The average Bonchev–Trinajstić information content (AvgIpc) is 3.22. The molecule has 1 saturated heterocycles. The van der Waals surface area contributed by atoms with Crippen LogP contribution in [0.3, 0.4) is 0 Å². The van der Waals surface area contributed by atoms with Crippen LogP contribution in [0.5, 0.6) is 5.75 Å². The molecule has 8 heteroatoms. The lowest BCUT2D eigenvalue weighted by Crippen LogP contribution is -2.37. The minimum atomic E-state index is -0.278. The SMILES string of the molecule is Cc1nc2c(c(C)c1O)C(=Cc1[nH]c(C)c(C(=O)NCCN3CCCCC3)c1C)C(=O)N2. The summed E-state index contributed by atoms with van der Waals surface area (Å²) < 4.78 is 0. The van der Waals surface area contributed by atoms with Crippen LogP contribution in [-0.4, -0.2) is 58.0 Å². The zero-order chi connectivity index (χ0) is 23.0. The summed E-state index contributed by atoms with van der Waals surface area (Å²) in [6, 6.07) is 0. The Balaban J connectivity index is 1.56. The molecule has 0 radical (unpaired) electrons. The molecular formula is C24H31N5O3. The molecular weight excluding hydrogens is 406 g/mol. The van der Waals surface area contributed by atoms with Gasteiger partial charge in [-0.15, -0.1) is 0 Å². The van der Waals surface area contributed by atoms with E-state index in [9.17, 15) is 14.7 Å². The number of aromatic amines is 1. The monoisotopic (exact) mass is 437 g/mol. The number of pyridine rings is 1. The van der Waals surface area contributed by atoms with Crippen LogP contribution in [0.4, 0.5) is 5.82 Å². The fourth-order valence-electron chi connectivity index (χ4n) is 4.69. The molecule has 4 rings (SSSR count). The van der Waals surface area contributed by atoms with Crippen LogP contribution < -0.4 is 10.6 Å². The minimum Gasteiger partial charge on any atom is -0.506 e. The molecule has 0 spiro atoms. The number of nitrogens with zero attached hydrogens (tertiary/aromatic N) is 2. The fraction of sp³-hybridized carbons (Fsp3) is 0.458. The van der Waals surface area contributed by atoms with E-state index >= 15 is 0 Å². The number of anilines is 1. The minimum absolute atomic E-state index is 0.0827. The molecule has 2 aliphatic heterocycles. The van der Waals surface area contributed by atoms with Crippen LogP contribution in [0.25, 0.3) is 11.6 Å². The van der Waals surface area contributed by atoms with Crippen molar-refractivity contribution in [3.8, 4) is 5.75 Å². The highest BCUT2D eigenvalue weighted by Gasteiger charge is 2.30. The molecule has 0 aliphatic carbocycles. The maximum atomic E-state index is 12.9. The molecule has 0 aromatic carbocycles. The Bertz CT molecular complexity index is 1110. The van der Waals surface area contributed by atoms with Gasteiger partial charge < -0.3 is 25.6 Å². The molecule has 0 saturated carbocycles. The number of aromatic nitrogens is 2. The number of piperidine rings is 1. The number of aromatic hydroxyl groups is 1. The predicted octanol–water partition coefficient (Wildman–Crippen LogP) is 3.06. The van der Waals surface area contributed by atoms with Crippen molar-refractivity contribution in [2.45, 2.75) is 47.0 Å². The van der Waals surface area contributed by atoms with Gasteiger partial charge in [0.05, 0.1) is 16.8 Å². The number of H-pyrrole nitrogens is 1. The maximum Gasteiger partial charge on any atom is 0.257 e. The quantitative estimate of drug-likeness (QED) is 0.538. The maximum absolute atomic E-state index is 12.9. The van der Waals surface area contributed by atoms with Crippen molar-refractivity contribution in [1.29, 1.82) is 0 Å². The second-order valence-electron chi connectivity index (χ2n) is 8.73. The number of fused-ring (bicyclic) bond motifs is 1. The molecule has 32 heavy (non-hydrogen) atoms. The van der Waals surface area contributed by atoms with Gasteiger partial charge in [-0.05, 0) is 65.3 Å². The van der Waals surface area contributed by atoms with Crippen molar-refractivity contribution in [2.24, 2.45) is 0 Å². The Hall–Kier alpha value is -3.13. The van der Waals surface area contributed by atoms with E-state index < -0.39 is 0 Å². The van der Waals surface area contributed by atoms with E-state index in [2.05, 4.69) is 25.5 Å². The zero-order valence-corrected chi connectivity index (χ0v) is 19.2. The number of aryl methyl sites for hydroxylation is 2. The summed E-state index contributed by atoms with van der Waals surface area (Å²) in [5.41, 5.74) is 4.93. The summed E-state index contributed by atoms with van der Waals surface area (Å²) in [5, 5.41) is 16.1. The van der Waals surface area contributed by atoms with Gasteiger partial charge in [0.15, 0.2) is 0 Å². The Kier molecular flexibility index (Phi) is 6.06. The van der Waals surface area contributed by atoms with Gasteiger partial charge in [0.25, 0.3) is 11.8 Å². The lowest BCUT2D eigenvalue weighted by Gasteiger charge is -2.26. The molecule has 0 bridgehead atoms. The summed E-state index contributed by atoms with van der Waals surface area (Å²) in [4.78, 5) is 35.5. The highest BCUT2D eigenvalue weighted by Crippen LogP contribution is 2.39. The number of nitrogens with one attached hydrogen (secondary N) is 3. The lowest BCUT2D eigenvalue weighted by atomic mass is 10.00. The smallest absolute Gasteiger partial charge is 0.257 e. The highest BCUT2D eigenvalue weighted by atomic mass is 16.3. The molecule has 170 valence electrons. The standard InChI is InChI=1S/C24H31N5O3/c1-13-18(12-17-20-14(2)21(30)16(4)27-22(20)28-23(17)31)26-15(3)19(13)24(32)25-8-11-29-9-6-5-7-10-29/h12,26,30H,5-11H2,1-4H3,(H,25,32)(H,27,28,31). The third kappa shape index (κ3) is 4.02. The third-order valence-corrected chi connectivity index (χ3v) is 6.49. The van der Waals surface area contributed by atoms with Crippen molar-refractivity contribution in [2.75, 3.05) is 31.5 Å². The van der Waals surface area contributed by atoms with E-state index in [0.717, 1.165) is 30.9 Å². The zero-order valence-electron chi connectivity index (χ0n) is 19.2. The van der Waals surface area contributed by atoms with Crippen molar-refractivity contribution in [1.82, 2.24) is 20.2 Å². The first-order chi connectivity index (χ1) is 15.3. The van der Waals surface area contributed by atoms with Crippen LogP contribution in [0, 0.1) is 27.7 Å². The van der Waals surface area contributed by atoms with Crippen LogP contribution in [0.1, 0.15) is 63.4 Å². The molecule has 1 fully saturated rings. The van der Waals surface area contributed by atoms with E-state index in [-0.39, 0.29) is 17.6 Å². The van der Waals surface area contributed by atoms with Gasteiger partial charge in [-0.1, -0.05) is 6.42 Å². The first-order valence-corrected chi connectivity index (χ1v) is 11.2. The van der Waals surface area contributed by atoms with E-state index in [1.807, 2.05) is 13.8 Å². The normalized spacial score (nSPS) is 17.5. The van der Waals surface area contributed by atoms with E-state index in [0.29, 0.717) is 46.0 Å². The summed E-state index contributed by atoms with van der Waals surface area (Å²) in [7, 11) is 0. The van der Waals surface area contributed by atoms with Crippen molar-refractivity contribution < 1.29 is 14.7 Å². The highest BCUT2D eigenvalue weighted by molar-refractivity contribution is 6.35. The van der Waals surface area contributed by atoms with Crippen LogP contribution in [0.2, 0.25) is 0 Å². The molecule has 0 unspecified atom stereocenters. The van der Waals surface area contributed by atoms with Gasteiger partial charge >= 0.3 is 0 Å². The summed E-state index contributed by atoms with van der Waals surface area (Å²) in [6.07, 6.45) is 5.48. The van der Waals surface area contributed by atoms with Crippen molar-refractivity contribution >= 4 is 29.3 Å². The van der Waals surface area contributed by atoms with Crippen LogP contribution in [0.15, 0.2) is 0 Å². The average molecular weight is 438 g/mol. The van der Waals surface area contributed by atoms with E-state index in [4.69, 9.17) is 0 Å². The van der Waals surface area contributed by atoms with Gasteiger partial charge in [0.2, 0.25) is 0 Å². The Morgan fingerprint density at radius 1 is 1.16 bits per heavy atom. The predicted molar refractivity (Wildman–Crippen MR) is 125 cm³/mol. The van der Waals surface area contributed by atoms with E-state index in [1.165, 1.54) is 19.3 Å².